The third kappa shape index (κ3) is 12.4. The molecule has 0 aromatic heterocycles. The molecule has 0 saturated carbocycles. The SMILES string of the molecule is C=[N+](CCOCCOCC(=O)NCCCC)C(=O)COCC. The van der Waals surface area contributed by atoms with E-state index < -0.39 is 0 Å². The van der Waals surface area contributed by atoms with Crippen molar-refractivity contribution in [2.45, 2.75) is 26.7 Å². The van der Waals surface area contributed by atoms with Gasteiger partial charge in [0.15, 0.2) is 13.2 Å². The van der Waals surface area contributed by atoms with Crippen molar-refractivity contribution in [3.05, 3.63) is 0 Å². The molecule has 0 aliphatic heterocycles. The maximum atomic E-state index is 11.5. The van der Waals surface area contributed by atoms with E-state index in [4.69, 9.17) is 14.2 Å². The minimum absolute atomic E-state index is 0.0380. The number of hydrogen-bond acceptors (Lipinski definition) is 5. The first-order chi connectivity index (χ1) is 10.6. The second-order valence-electron chi connectivity index (χ2n) is 4.66. The van der Waals surface area contributed by atoms with Crippen molar-refractivity contribution >= 4 is 18.5 Å². The highest BCUT2D eigenvalue weighted by Gasteiger charge is 2.13. The topological polar surface area (TPSA) is 76.9 Å². The van der Waals surface area contributed by atoms with Gasteiger partial charge in [-0.15, -0.1) is 0 Å². The maximum absolute atomic E-state index is 11.5. The molecule has 0 aromatic rings. The molecular weight excluding hydrogens is 288 g/mol. The second kappa shape index (κ2) is 14.6. The lowest BCUT2D eigenvalue weighted by atomic mass is 10.3. The number of carbonyl (C=O) groups is 2. The van der Waals surface area contributed by atoms with Gasteiger partial charge in [-0.3, -0.25) is 4.79 Å². The predicted octanol–water partition coefficient (Wildman–Crippen LogP) is 0.212. The van der Waals surface area contributed by atoms with Gasteiger partial charge in [-0.25, -0.2) is 4.79 Å². The van der Waals surface area contributed by atoms with Crippen LogP contribution in [0.4, 0.5) is 0 Å². The van der Waals surface area contributed by atoms with Gasteiger partial charge in [0.1, 0.15) is 19.9 Å². The van der Waals surface area contributed by atoms with Crippen LogP contribution in [0.3, 0.4) is 0 Å². The Morgan fingerprint density at radius 1 is 1.05 bits per heavy atom. The normalized spacial score (nSPS) is 10.5. The molecule has 0 aliphatic carbocycles. The summed E-state index contributed by atoms with van der Waals surface area (Å²) in [7, 11) is 0. The molecule has 22 heavy (non-hydrogen) atoms. The van der Waals surface area contributed by atoms with Crippen molar-refractivity contribution in [2.24, 2.45) is 0 Å². The zero-order valence-electron chi connectivity index (χ0n) is 13.8. The summed E-state index contributed by atoms with van der Waals surface area (Å²) in [5, 5.41) is 2.76. The van der Waals surface area contributed by atoms with E-state index in [1.54, 1.807) is 0 Å². The molecule has 0 rings (SSSR count). The zero-order chi connectivity index (χ0) is 16.6. The Hall–Kier alpha value is -1.31. The van der Waals surface area contributed by atoms with Crippen LogP contribution in [0.15, 0.2) is 0 Å². The van der Waals surface area contributed by atoms with Gasteiger partial charge in [0.2, 0.25) is 5.91 Å². The summed E-state index contributed by atoms with van der Waals surface area (Å²) < 4.78 is 16.8. The van der Waals surface area contributed by atoms with E-state index in [0.717, 1.165) is 12.8 Å². The molecule has 7 heteroatoms. The van der Waals surface area contributed by atoms with E-state index in [2.05, 4.69) is 19.0 Å². The van der Waals surface area contributed by atoms with Crippen LogP contribution >= 0.6 is 0 Å². The van der Waals surface area contributed by atoms with Crippen LogP contribution in [-0.2, 0) is 23.8 Å². The lowest BCUT2D eigenvalue weighted by molar-refractivity contribution is -0.447. The Bertz CT molecular complexity index is 334. The van der Waals surface area contributed by atoms with Crippen LogP contribution in [0.1, 0.15) is 26.7 Å². The summed E-state index contributed by atoms with van der Waals surface area (Å²) in [5.41, 5.74) is 0. The van der Waals surface area contributed by atoms with E-state index in [9.17, 15) is 9.59 Å². The third-order valence-electron chi connectivity index (χ3n) is 2.75. The van der Waals surface area contributed by atoms with E-state index in [-0.39, 0.29) is 25.0 Å². The van der Waals surface area contributed by atoms with Crippen LogP contribution < -0.4 is 5.32 Å². The molecule has 0 bridgehead atoms. The fraction of sp³-hybridized carbons (Fsp3) is 0.800. The number of nitrogens with one attached hydrogen (secondary N) is 1. The number of carbonyl (C=O) groups excluding carboxylic acids is 2. The minimum Gasteiger partial charge on any atom is -0.372 e. The molecule has 128 valence electrons. The molecular formula is C15H29N2O5+. The molecule has 0 fully saturated rings. The summed E-state index contributed by atoms with van der Waals surface area (Å²) in [6.07, 6.45) is 2.02. The van der Waals surface area contributed by atoms with Gasteiger partial charge in [-0.05, 0) is 13.3 Å². The van der Waals surface area contributed by atoms with Crippen LogP contribution in [0.25, 0.3) is 0 Å². The number of ether oxygens (including phenoxy) is 3. The average molecular weight is 317 g/mol. The van der Waals surface area contributed by atoms with E-state index in [1.807, 2.05) is 6.92 Å². The Kier molecular flexibility index (Phi) is 13.7. The Morgan fingerprint density at radius 3 is 2.45 bits per heavy atom. The van der Waals surface area contributed by atoms with Crippen LogP contribution in [0, 0.1) is 0 Å². The van der Waals surface area contributed by atoms with Gasteiger partial charge >= 0.3 is 5.91 Å². The summed E-state index contributed by atoms with van der Waals surface area (Å²) in [5.74, 6) is -0.288. The van der Waals surface area contributed by atoms with Crippen LogP contribution in [0.2, 0.25) is 0 Å². The molecule has 0 radical (unpaired) electrons. The smallest absolute Gasteiger partial charge is 0.372 e. The van der Waals surface area contributed by atoms with Crippen LogP contribution in [0.5, 0.6) is 0 Å². The quantitative estimate of drug-likeness (QED) is 0.282. The first-order valence-electron chi connectivity index (χ1n) is 7.72. The lowest BCUT2D eigenvalue weighted by Gasteiger charge is -2.06. The Morgan fingerprint density at radius 2 is 1.77 bits per heavy atom. The lowest BCUT2D eigenvalue weighted by Crippen LogP contribution is -2.29. The van der Waals surface area contributed by atoms with Gasteiger partial charge in [0, 0.05) is 13.2 Å². The first-order valence-corrected chi connectivity index (χ1v) is 7.72. The van der Waals surface area contributed by atoms with Gasteiger partial charge in [0.05, 0.1) is 13.2 Å². The second-order valence-corrected chi connectivity index (χ2v) is 4.66. The highest BCUT2D eigenvalue weighted by Crippen LogP contribution is 1.85. The van der Waals surface area contributed by atoms with E-state index >= 15 is 0 Å². The first kappa shape index (κ1) is 20.7. The van der Waals surface area contributed by atoms with Gasteiger partial charge in [0.25, 0.3) is 0 Å². The standard InChI is InChI=1S/C15H28N2O5/c1-4-6-7-16-14(18)12-22-11-10-21-9-8-17(3)15(19)13-20-5-2/h3-13H2,1-2H3/p+1. The van der Waals surface area contributed by atoms with E-state index in [0.29, 0.717) is 39.5 Å². The Balaban J connectivity index is 3.41. The fourth-order valence-electron chi connectivity index (χ4n) is 1.42. The summed E-state index contributed by atoms with van der Waals surface area (Å²) in [4.78, 5) is 22.8. The summed E-state index contributed by atoms with van der Waals surface area (Å²) in [6, 6.07) is 0. The number of nitrogens with zero attached hydrogens (tertiary/aromatic N) is 1. The predicted molar refractivity (Wildman–Crippen MR) is 83.3 cm³/mol. The van der Waals surface area contributed by atoms with Gasteiger partial charge < -0.3 is 19.5 Å². The molecule has 0 atom stereocenters. The van der Waals surface area contributed by atoms with Gasteiger partial charge in [-0.1, -0.05) is 13.3 Å². The number of unbranched alkanes of at least 4 members (excludes halogenated alkanes) is 1. The Labute approximate surface area is 132 Å². The number of hydrogen-bond donors (Lipinski definition) is 1. The maximum Gasteiger partial charge on any atom is 0.412 e. The summed E-state index contributed by atoms with van der Waals surface area (Å²) in [6.45, 7) is 10.3. The molecule has 0 saturated heterocycles. The molecule has 1 N–H and O–H groups in total. The average Bonchev–Trinajstić information content (AvgIpc) is 2.51. The van der Waals surface area contributed by atoms with Crippen molar-refractivity contribution in [1.29, 1.82) is 0 Å². The molecule has 0 heterocycles. The molecule has 7 nitrogen and oxygen atoms in total. The molecule has 2 amide bonds. The highest BCUT2D eigenvalue weighted by atomic mass is 16.5. The highest BCUT2D eigenvalue weighted by molar-refractivity contribution is 5.77. The number of amides is 2. The van der Waals surface area contributed by atoms with Crippen molar-refractivity contribution in [3.63, 3.8) is 0 Å². The minimum atomic E-state index is -0.176. The van der Waals surface area contributed by atoms with Gasteiger partial charge in [-0.2, -0.15) is 4.58 Å². The van der Waals surface area contributed by atoms with Crippen molar-refractivity contribution < 1.29 is 28.4 Å². The molecule has 0 spiro atoms. The third-order valence-corrected chi connectivity index (χ3v) is 2.75. The van der Waals surface area contributed by atoms with Crippen molar-refractivity contribution in [1.82, 2.24) is 5.32 Å². The monoisotopic (exact) mass is 317 g/mol. The van der Waals surface area contributed by atoms with Crippen LogP contribution in [-0.4, -0.2) is 75.8 Å². The number of rotatable bonds is 14. The van der Waals surface area contributed by atoms with E-state index in [1.165, 1.54) is 4.58 Å². The van der Waals surface area contributed by atoms with Crippen molar-refractivity contribution in [2.75, 3.05) is 52.7 Å². The fourth-order valence-corrected chi connectivity index (χ4v) is 1.42. The molecule has 0 aromatic carbocycles. The molecule has 0 unspecified atom stereocenters. The zero-order valence-corrected chi connectivity index (χ0v) is 13.8. The largest absolute Gasteiger partial charge is 0.412 e. The van der Waals surface area contributed by atoms with Crippen molar-refractivity contribution in [3.8, 4) is 0 Å². The molecule has 0 aliphatic rings. The summed E-state index contributed by atoms with van der Waals surface area (Å²) >= 11 is 0.